The van der Waals surface area contributed by atoms with Crippen LogP contribution in [0.3, 0.4) is 0 Å². The fraction of sp³-hybridized carbons (Fsp3) is 0.296. The number of ether oxygens (including phenoxy) is 1. The number of aromatic nitrogens is 3. The van der Waals surface area contributed by atoms with E-state index in [0.717, 1.165) is 25.7 Å². The van der Waals surface area contributed by atoms with E-state index in [0.29, 0.717) is 28.9 Å². The molecule has 0 spiro atoms. The van der Waals surface area contributed by atoms with Crippen LogP contribution in [0.2, 0.25) is 0 Å². The maximum absolute atomic E-state index is 13.9. The van der Waals surface area contributed by atoms with Gasteiger partial charge in [-0.25, -0.2) is 9.50 Å². The first-order valence-electron chi connectivity index (χ1n) is 11.9. The first kappa shape index (κ1) is 24.9. The zero-order valence-corrected chi connectivity index (χ0v) is 20.3. The van der Waals surface area contributed by atoms with Crippen LogP contribution < -0.4 is 4.74 Å². The Hall–Kier alpha value is -3.76. The largest absolute Gasteiger partial charge is 0.497 e. The maximum atomic E-state index is 13.9. The van der Waals surface area contributed by atoms with Crippen LogP contribution in [-0.4, -0.2) is 70.0 Å². The Balaban J connectivity index is 1.36. The summed E-state index contributed by atoms with van der Waals surface area (Å²) in [5, 5.41) is 3.89. The van der Waals surface area contributed by atoms with Gasteiger partial charge in [0.1, 0.15) is 5.75 Å². The van der Waals surface area contributed by atoms with Crippen LogP contribution in [0.15, 0.2) is 66.9 Å². The number of nitrogens with zero attached hydrogens (tertiary/aromatic N) is 5. The topological polar surface area (TPSA) is 63.0 Å². The molecule has 0 amide bonds. The van der Waals surface area contributed by atoms with E-state index in [2.05, 4.69) is 27.1 Å². The minimum atomic E-state index is -4.68. The van der Waals surface area contributed by atoms with Gasteiger partial charge in [0.05, 0.1) is 31.1 Å². The Kier molecular flexibility index (Phi) is 6.94. The van der Waals surface area contributed by atoms with Crippen molar-refractivity contribution in [3.05, 3.63) is 83.7 Å². The second-order valence-corrected chi connectivity index (χ2v) is 9.01. The number of carbonyl (C=O) groups excluding carboxylic acids is 1. The van der Waals surface area contributed by atoms with Gasteiger partial charge in [-0.3, -0.25) is 14.6 Å². The van der Waals surface area contributed by atoms with Gasteiger partial charge in [0.2, 0.25) is 0 Å². The highest BCUT2D eigenvalue weighted by Crippen LogP contribution is 2.33. The monoisotopic (exact) mass is 509 g/mol. The van der Waals surface area contributed by atoms with Crippen molar-refractivity contribution in [2.75, 3.05) is 39.8 Å². The Morgan fingerprint density at radius 3 is 2.30 bits per heavy atom. The Bertz CT molecular complexity index is 1380. The van der Waals surface area contributed by atoms with Gasteiger partial charge in [-0.2, -0.15) is 18.3 Å². The third-order valence-electron chi connectivity index (χ3n) is 6.53. The summed E-state index contributed by atoms with van der Waals surface area (Å²) in [5.41, 5.74) is 0.796. The molecule has 4 aromatic rings. The molecule has 0 atom stereocenters. The number of fused-ring (bicyclic) bond motifs is 1. The van der Waals surface area contributed by atoms with Gasteiger partial charge < -0.3 is 4.74 Å². The van der Waals surface area contributed by atoms with Crippen LogP contribution in [0.1, 0.15) is 21.6 Å². The third kappa shape index (κ3) is 5.50. The summed E-state index contributed by atoms with van der Waals surface area (Å²) in [6.45, 7) is 3.92. The molecule has 1 saturated heterocycles. The highest BCUT2D eigenvalue weighted by Gasteiger charge is 2.36. The maximum Gasteiger partial charge on any atom is 0.433 e. The number of alkyl halides is 3. The summed E-state index contributed by atoms with van der Waals surface area (Å²) >= 11 is 0. The van der Waals surface area contributed by atoms with Crippen LogP contribution >= 0.6 is 0 Å². The van der Waals surface area contributed by atoms with E-state index < -0.39 is 11.9 Å². The number of Topliss-reactive ketones (excluding diaryl/α,β-unsaturated/α-hetero) is 1. The van der Waals surface area contributed by atoms with Crippen molar-refractivity contribution >= 4 is 11.4 Å². The van der Waals surface area contributed by atoms with Gasteiger partial charge in [-0.15, -0.1) is 0 Å². The molecule has 0 unspecified atom stereocenters. The highest BCUT2D eigenvalue weighted by atomic mass is 19.4. The second-order valence-electron chi connectivity index (χ2n) is 9.01. The van der Waals surface area contributed by atoms with E-state index in [4.69, 9.17) is 4.74 Å². The average Bonchev–Trinajstić information content (AvgIpc) is 3.33. The van der Waals surface area contributed by atoms with Crippen LogP contribution in [0.4, 0.5) is 13.2 Å². The summed E-state index contributed by atoms with van der Waals surface area (Å²) in [7, 11) is 1.51. The number of carbonyl (C=O) groups is 1. The van der Waals surface area contributed by atoms with Gasteiger partial charge in [0, 0.05) is 38.3 Å². The van der Waals surface area contributed by atoms with Crippen LogP contribution in [-0.2, 0) is 12.7 Å². The molecule has 0 N–H and O–H groups in total. The number of hydrogen-bond donors (Lipinski definition) is 0. The molecule has 192 valence electrons. The molecular formula is C27H26F3N5O2. The van der Waals surface area contributed by atoms with E-state index in [-0.39, 0.29) is 29.2 Å². The fourth-order valence-corrected chi connectivity index (χ4v) is 4.51. The van der Waals surface area contributed by atoms with E-state index in [1.165, 1.54) is 18.9 Å². The molecule has 3 heterocycles. The predicted octanol–water partition coefficient (Wildman–Crippen LogP) is 4.42. The normalized spacial score (nSPS) is 15.2. The number of methoxy groups -OCH3 is 1. The van der Waals surface area contributed by atoms with Gasteiger partial charge >= 0.3 is 6.18 Å². The first-order valence-corrected chi connectivity index (χ1v) is 11.9. The average molecular weight is 510 g/mol. The summed E-state index contributed by atoms with van der Waals surface area (Å²) in [6.07, 6.45) is -3.49. The highest BCUT2D eigenvalue weighted by molar-refractivity contribution is 6.02. The van der Waals surface area contributed by atoms with Crippen molar-refractivity contribution in [2.24, 2.45) is 0 Å². The lowest BCUT2D eigenvalue weighted by Gasteiger charge is -2.34. The van der Waals surface area contributed by atoms with E-state index in [1.807, 2.05) is 23.1 Å². The molecule has 2 aromatic heterocycles. The fourth-order valence-electron chi connectivity index (χ4n) is 4.51. The minimum Gasteiger partial charge on any atom is -0.497 e. The molecule has 0 bridgehead atoms. The van der Waals surface area contributed by atoms with E-state index in [9.17, 15) is 18.0 Å². The summed E-state index contributed by atoms with van der Waals surface area (Å²) in [4.78, 5) is 22.0. The number of rotatable bonds is 7. The molecule has 7 nitrogen and oxygen atoms in total. The summed E-state index contributed by atoms with van der Waals surface area (Å²) in [5.74, 6) is 0.268. The van der Waals surface area contributed by atoms with Crippen molar-refractivity contribution in [1.82, 2.24) is 24.4 Å². The van der Waals surface area contributed by atoms with E-state index >= 15 is 0 Å². The quantitative estimate of drug-likeness (QED) is 0.344. The van der Waals surface area contributed by atoms with Crippen molar-refractivity contribution in [3.8, 4) is 17.0 Å². The van der Waals surface area contributed by atoms with Gasteiger partial charge in [-0.05, 0) is 35.9 Å². The van der Waals surface area contributed by atoms with Crippen molar-refractivity contribution in [3.63, 3.8) is 0 Å². The molecule has 1 aliphatic heterocycles. The lowest BCUT2D eigenvalue weighted by molar-refractivity contribution is -0.142. The van der Waals surface area contributed by atoms with Crippen LogP contribution in [0.5, 0.6) is 5.75 Å². The zero-order chi connectivity index (χ0) is 26.0. The Labute approximate surface area is 212 Å². The molecule has 0 saturated carbocycles. The molecule has 0 radical (unpaired) electrons. The number of ketones is 1. The number of piperazine rings is 1. The molecule has 0 aliphatic carbocycles. The van der Waals surface area contributed by atoms with Crippen molar-refractivity contribution in [2.45, 2.75) is 12.7 Å². The van der Waals surface area contributed by atoms with Crippen LogP contribution in [0, 0.1) is 0 Å². The lowest BCUT2D eigenvalue weighted by atomic mass is 10.1. The molecule has 1 fully saturated rings. The zero-order valence-electron chi connectivity index (χ0n) is 20.3. The second kappa shape index (κ2) is 10.3. The molecule has 10 heteroatoms. The predicted molar refractivity (Wildman–Crippen MR) is 132 cm³/mol. The first-order chi connectivity index (χ1) is 17.8. The van der Waals surface area contributed by atoms with Crippen molar-refractivity contribution in [1.29, 1.82) is 0 Å². The van der Waals surface area contributed by atoms with Crippen LogP contribution in [0.25, 0.3) is 16.9 Å². The standard InChI is InChI=1S/C27H26F3N5O2/c1-37-21-9-7-20(8-10-21)23-15-25(27(28,29)30)35-26(32-23)22(16-31-35)24(36)18-34-13-11-33(12-14-34)17-19-5-3-2-4-6-19/h2-10,15-16H,11-14,17-18H2,1H3. The SMILES string of the molecule is COc1ccc(-c2cc(C(F)(F)F)n3ncc(C(=O)CN4CCN(Cc5ccccc5)CC4)c3n2)cc1. The lowest BCUT2D eigenvalue weighted by Crippen LogP contribution is -2.47. The van der Waals surface area contributed by atoms with Crippen molar-refractivity contribution < 1.29 is 22.7 Å². The smallest absolute Gasteiger partial charge is 0.433 e. The van der Waals surface area contributed by atoms with Gasteiger partial charge in [-0.1, -0.05) is 30.3 Å². The van der Waals surface area contributed by atoms with Gasteiger partial charge in [0.25, 0.3) is 0 Å². The number of hydrogen-bond acceptors (Lipinski definition) is 6. The molecule has 2 aromatic carbocycles. The molecule has 5 rings (SSSR count). The number of halogens is 3. The Morgan fingerprint density at radius 1 is 0.973 bits per heavy atom. The van der Waals surface area contributed by atoms with Gasteiger partial charge in [0.15, 0.2) is 17.1 Å². The molecular weight excluding hydrogens is 483 g/mol. The van der Waals surface area contributed by atoms with E-state index in [1.54, 1.807) is 24.3 Å². The summed E-state index contributed by atoms with van der Waals surface area (Å²) < 4.78 is 47.5. The minimum absolute atomic E-state index is 0.0765. The third-order valence-corrected chi connectivity index (χ3v) is 6.53. The molecule has 37 heavy (non-hydrogen) atoms. The molecule has 1 aliphatic rings. The number of benzene rings is 2. The Morgan fingerprint density at radius 2 is 1.65 bits per heavy atom. The summed E-state index contributed by atoms with van der Waals surface area (Å²) in [6, 6.07) is 17.7.